The van der Waals surface area contributed by atoms with Gasteiger partial charge in [0, 0.05) is 10.0 Å². The summed E-state index contributed by atoms with van der Waals surface area (Å²) in [6.07, 6.45) is 4.66. The van der Waals surface area contributed by atoms with Gasteiger partial charge in [-0.15, -0.1) is 0 Å². The van der Waals surface area contributed by atoms with Crippen LogP contribution in [0.1, 0.15) is 36.0 Å². The van der Waals surface area contributed by atoms with Crippen molar-refractivity contribution in [1.29, 1.82) is 0 Å². The Morgan fingerprint density at radius 1 is 1.33 bits per heavy atom. The van der Waals surface area contributed by atoms with Crippen molar-refractivity contribution in [3.8, 4) is 0 Å². The zero-order chi connectivity index (χ0) is 11.1. The molecule has 0 unspecified atom stereocenters. The molecular weight excluding hydrogens is 250 g/mol. The maximum Gasteiger partial charge on any atom is 0.0180 e. The molecule has 2 heteroatoms. The van der Waals surface area contributed by atoms with E-state index in [1.807, 2.05) is 0 Å². The van der Waals surface area contributed by atoms with Crippen LogP contribution in [0.3, 0.4) is 0 Å². The van der Waals surface area contributed by atoms with E-state index in [4.69, 9.17) is 5.73 Å². The van der Waals surface area contributed by atoms with E-state index in [0.29, 0.717) is 0 Å². The molecule has 0 atom stereocenters. The van der Waals surface area contributed by atoms with Crippen LogP contribution >= 0.6 is 15.9 Å². The molecule has 0 radical (unpaired) electrons. The van der Waals surface area contributed by atoms with Gasteiger partial charge in [-0.2, -0.15) is 0 Å². The van der Waals surface area contributed by atoms with Crippen LogP contribution in [0.25, 0.3) is 0 Å². The molecule has 1 saturated carbocycles. The number of halogens is 1. The van der Waals surface area contributed by atoms with Gasteiger partial charge in [-0.05, 0) is 68.4 Å². The molecule has 0 bridgehead atoms. The van der Waals surface area contributed by atoms with Crippen LogP contribution in [-0.2, 0) is 6.42 Å². The van der Waals surface area contributed by atoms with Crippen LogP contribution in [0.2, 0.25) is 0 Å². The lowest BCUT2D eigenvalue weighted by atomic mass is 9.97. The predicted octanol–water partition coefficient (Wildman–Crippen LogP) is 3.49. The van der Waals surface area contributed by atoms with Gasteiger partial charge in [-0.25, -0.2) is 0 Å². The van der Waals surface area contributed by atoms with Gasteiger partial charge in [-0.3, -0.25) is 0 Å². The topological polar surface area (TPSA) is 26.0 Å². The summed E-state index contributed by atoms with van der Waals surface area (Å²) in [5.74, 6) is 0. The van der Waals surface area contributed by atoms with E-state index < -0.39 is 0 Å². The Kier molecular flexibility index (Phi) is 2.91. The molecule has 0 aromatic heterocycles. The van der Waals surface area contributed by atoms with Crippen LogP contribution in [-0.4, -0.2) is 5.54 Å². The van der Waals surface area contributed by atoms with Gasteiger partial charge in [0.25, 0.3) is 0 Å². The Labute approximate surface area is 100 Å². The largest absolute Gasteiger partial charge is 0.325 e. The lowest BCUT2D eigenvalue weighted by molar-refractivity contribution is 0.608. The van der Waals surface area contributed by atoms with Gasteiger partial charge < -0.3 is 5.73 Å². The van der Waals surface area contributed by atoms with Crippen molar-refractivity contribution >= 4 is 15.9 Å². The van der Waals surface area contributed by atoms with Crippen molar-refractivity contribution < 1.29 is 0 Å². The molecule has 0 saturated heterocycles. The molecule has 1 aliphatic rings. The average molecular weight is 268 g/mol. The third-order valence-corrected chi connectivity index (χ3v) is 3.98. The van der Waals surface area contributed by atoms with Crippen LogP contribution in [0.15, 0.2) is 16.6 Å². The second-order valence-electron chi connectivity index (χ2n) is 4.87. The van der Waals surface area contributed by atoms with E-state index in [1.165, 1.54) is 34.0 Å². The van der Waals surface area contributed by atoms with Crippen molar-refractivity contribution in [2.24, 2.45) is 5.73 Å². The third kappa shape index (κ3) is 2.61. The zero-order valence-electron chi connectivity index (χ0n) is 9.44. The summed E-state index contributed by atoms with van der Waals surface area (Å²) in [7, 11) is 0. The van der Waals surface area contributed by atoms with E-state index in [-0.39, 0.29) is 5.54 Å². The molecule has 0 aliphatic heterocycles. The molecule has 82 valence electrons. The predicted molar refractivity (Wildman–Crippen MR) is 68.1 cm³/mol. The summed E-state index contributed by atoms with van der Waals surface area (Å²) in [5.41, 5.74) is 10.5. The van der Waals surface area contributed by atoms with Gasteiger partial charge in [0.15, 0.2) is 0 Å². The minimum atomic E-state index is 0.169. The zero-order valence-corrected chi connectivity index (χ0v) is 11.0. The first kappa shape index (κ1) is 11.2. The van der Waals surface area contributed by atoms with Crippen LogP contribution in [0.5, 0.6) is 0 Å². The Hall–Kier alpha value is -0.340. The molecule has 2 N–H and O–H groups in total. The van der Waals surface area contributed by atoms with E-state index in [2.05, 4.69) is 41.9 Å². The quantitative estimate of drug-likeness (QED) is 0.892. The van der Waals surface area contributed by atoms with Crippen molar-refractivity contribution in [1.82, 2.24) is 0 Å². The first-order valence-electron chi connectivity index (χ1n) is 5.55. The fraction of sp³-hybridized carbons (Fsp3) is 0.538. The lowest BCUT2D eigenvalue weighted by Gasteiger charge is -2.12. The normalized spacial score (nSPS) is 17.9. The Balaban J connectivity index is 2.13. The van der Waals surface area contributed by atoms with Crippen LogP contribution in [0.4, 0.5) is 0 Å². The summed E-state index contributed by atoms with van der Waals surface area (Å²) in [6, 6.07) is 4.41. The smallest absolute Gasteiger partial charge is 0.0180 e. The van der Waals surface area contributed by atoms with Gasteiger partial charge >= 0.3 is 0 Å². The highest BCUT2D eigenvalue weighted by Gasteiger charge is 2.37. The summed E-state index contributed by atoms with van der Waals surface area (Å²) in [6.45, 7) is 4.37. The SMILES string of the molecule is Cc1cc(Br)cc(CCC2(N)CC2)c1C. The molecule has 1 aromatic rings. The van der Waals surface area contributed by atoms with E-state index in [1.54, 1.807) is 0 Å². The number of hydrogen-bond acceptors (Lipinski definition) is 1. The Morgan fingerprint density at radius 3 is 2.60 bits per heavy atom. The first-order valence-corrected chi connectivity index (χ1v) is 6.34. The monoisotopic (exact) mass is 267 g/mol. The third-order valence-electron chi connectivity index (χ3n) is 3.52. The second kappa shape index (κ2) is 3.91. The highest BCUT2D eigenvalue weighted by atomic mass is 79.9. The highest BCUT2D eigenvalue weighted by molar-refractivity contribution is 9.10. The minimum Gasteiger partial charge on any atom is -0.325 e. The number of hydrogen-bond donors (Lipinski definition) is 1. The first-order chi connectivity index (χ1) is 7.00. The summed E-state index contributed by atoms with van der Waals surface area (Å²) < 4.78 is 1.18. The molecule has 0 amide bonds. The molecule has 1 aliphatic carbocycles. The molecule has 1 fully saturated rings. The molecule has 0 spiro atoms. The standard InChI is InChI=1S/C13H18BrN/c1-9-7-12(14)8-11(10(9)2)3-4-13(15)5-6-13/h7-8H,3-6,15H2,1-2H3. The van der Waals surface area contributed by atoms with Gasteiger partial charge in [0.1, 0.15) is 0 Å². The van der Waals surface area contributed by atoms with Crippen molar-refractivity contribution in [3.05, 3.63) is 33.3 Å². The van der Waals surface area contributed by atoms with Gasteiger partial charge in [0.05, 0.1) is 0 Å². The number of rotatable bonds is 3. The van der Waals surface area contributed by atoms with E-state index in [9.17, 15) is 0 Å². The lowest BCUT2D eigenvalue weighted by Crippen LogP contribution is -2.22. The maximum absolute atomic E-state index is 6.11. The maximum atomic E-state index is 6.11. The average Bonchev–Trinajstić information content (AvgIpc) is 2.88. The molecule has 2 rings (SSSR count). The summed E-state index contributed by atoms with van der Waals surface area (Å²) >= 11 is 3.55. The van der Waals surface area contributed by atoms with E-state index in [0.717, 1.165) is 12.8 Å². The van der Waals surface area contributed by atoms with E-state index >= 15 is 0 Å². The molecule has 1 nitrogen and oxygen atoms in total. The molecule has 0 heterocycles. The van der Waals surface area contributed by atoms with Crippen molar-refractivity contribution in [2.45, 2.75) is 45.1 Å². The number of nitrogens with two attached hydrogens (primary N) is 1. The molecular formula is C13H18BrN. The van der Waals surface area contributed by atoms with Crippen LogP contribution < -0.4 is 5.73 Å². The molecule has 15 heavy (non-hydrogen) atoms. The Morgan fingerprint density at radius 2 is 2.00 bits per heavy atom. The van der Waals surface area contributed by atoms with Crippen LogP contribution in [0, 0.1) is 13.8 Å². The van der Waals surface area contributed by atoms with Crippen molar-refractivity contribution in [3.63, 3.8) is 0 Å². The summed E-state index contributed by atoms with van der Waals surface area (Å²) in [5, 5.41) is 0. The fourth-order valence-corrected chi connectivity index (χ4v) is 2.56. The fourth-order valence-electron chi connectivity index (χ4n) is 1.94. The van der Waals surface area contributed by atoms with Gasteiger partial charge in [-0.1, -0.05) is 15.9 Å². The highest BCUT2D eigenvalue weighted by Crippen LogP contribution is 2.37. The molecule has 1 aromatic carbocycles. The van der Waals surface area contributed by atoms with Gasteiger partial charge in [0.2, 0.25) is 0 Å². The number of aryl methyl sites for hydroxylation is 2. The second-order valence-corrected chi connectivity index (χ2v) is 5.78. The van der Waals surface area contributed by atoms with Crippen molar-refractivity contribution in [2.75, 3.05) is 0 Å². The minimum absolute atomic E-state index is 0.169. The Bertz CT molecular complexity index is 380. The summed E-state index contributed by atoms with van der Waals surface area (Å²) in [4.78, 5) is 0. The number of benzene rings is 1.